The van der Waals surface area contributed by atoms with Gasteiger partial charge in [-0.15, -0.1) is 0 Å². The SMILES string of the molecule is OC(CC1CCCCO1)C1=COCC1. The molecule has 3 heteroatoms. The normalized spacial score (nSPS) is 29.5. The third kappa shape index (κ3) is 2.49. The van der Waals surface area contributed by atoms with E-state index in [4.69, 9.17) is 9.47 Å². The first-order chi connectivity index (χ1) is 6.86. The fraction of sp³-hybridized carbons (Fsp3) is 0.818. The largest absolute Gasteiger partial charge is 0.501 e. The van der Waals surface area contributed by atoms with Gasteiger partial charge in [-0.2, -0.15) is 0 Å². The third-order valence-corrected chi connectivity index (χ3v) is 2.93. The highest BCUT2D eigenvalue weighted by atomic mass is 16.5. The summed E-state index contributed by atoms with van der Waals surface area (Å²) in [4.78, 5) is 0. The van der Waals surface area contributed by atoms with Gasteiger partial charge in [0.25, 0.3) is 0 Å². The molecule has 2 unspecified atom stereocenters. The average molecular weight is 198 g/mol. The van der Waals surface area contributed by atoms with Crippen LogP contribution < -0.4 is 0 Å². The van der Waals surface area contributed by atoms with E-state index >= 15 is 0 Å². The highest BCUT2D eigenvalue weighted by molar-refractivity contribution is 5.08. The molecule has 2 rings (SSSR count). The molecule has 1 N–H and O–H groups in total. The van der Waals surface area contributed by atoms with Gasteiger partial charge in [-0.1, -0.05) is 0 Å². The molecule has 1 fully saturated rings. The molecular weight excluding hydrogens is 180 g/mol. The first-order valence-corrected chi connectivity index (χ1v) is 5.46. The minimum atomic E-state index is -0.361. The smallest absolute Gasteiger partial charge is 0.0912 e. The van der Waals surface area contributed by atoms with Crippen molar-refractivity contribution in [3.05, 3.63) is 11.8 Å². The Balaban J connectivity index is 1.77. The van der Waals surface area contributed by atoms with E-state index < -0.39 is 0 Å². The lowest BCUT2D eigenvalue weighted by atomic mass is 9.98. The Labute approximate surface area is 84.7 Å². The van der Waals surface area contributed by atoms with Crippen LogP contribution in [0.15, 0.2) is 11.8 Å². The molecule has 2 heterocycles. The fourth-order valence-electron chi connectivity index (χ4n) is 2.04. The van der Waals surface area contributed by atoms with Crippen molar-refractivity contribution in [2.75, 3.05) is 13.2 Å². The van der Waals surface area contributed by atoms with Crippen molar-refractivity contribution in [3.63, 3.8) is 0 Å². The molecule has 0 spiro atoms. The quantitative estimate of drug-likeness (QED) is 0.748. The second-order valence-corrected chi connectivity index (χ2v) is 4.05. The zero-order chi connectivity index (χ0) is 9.80. The lowest BCUT2D eigenvalue weighted by Gasteiger charge is -2.24. The van der Waals surface area contributed by atoms with Crippen molar-refractivity contribution in [1.82, 2.24) is 0 Å². The average Bonchev–Trinajstić information content (AvgIpc) is 2.72. The monoisotopic (exact) mass is 198 g/mol. The van der Waals surface area contributed by atoms with E-state index in [1.807, 2.05) is 0 Å². The van der Waals surface area contributed by atoms with Crippen LogP contribution in [0.3, 0.4) is 0 Å². The van der Waals surface area contributed by atoms with E-state index in [1.54, 1.807) is 6.26 Å². The van der Waals surface area contributed by atoms with E-state index in [9.17, 15) is 5.11 Å². The molecule has 0 aromatic carbocycles. The van der Waals surface area contributed by atoms with Crippen LogP contribution in [0.25, 0.3) is 0 Å². The number of rotatable bonds is 3. The van der Waals surface area contributed by atoms with Gasteiger partial charge in [0, 0.05) is 19.4 Å². The maximum absolute atomic E-state index is 9.87. The Morgan fingerprint density at radius 1 is 1.43 bits per heavy atom. The number of aliphatic hydroxyl groups excluding tert-OH is 1. The minimum absolute atomic E-state index is 0.250. The van der Waals surface area contributed by atoms with E-state index in [-0.39, 0.29) is 12.2 Å². The summed E-state index contributed by atoms with van der Waals surface area (Å²) >= 11 is 0. The molecule has 0 amide bonds. The van der Waals surface area contributed by atoms with Gasteiger partial charge in [-0.25, -0.2) is 0 Å². The summed E-state index contributed by atoms with van der Waals surface area (Å²) in [6.07, 6.45) is 6.67. The molecule has 80 valence electrons. The Hall–Kier alpha value is -0.540. The molecule has 14 heavy (non-hydrogen) atoms. The van der Waals surface area contributed by atoms with Gasteiger partial charge in [0.15, 0.2) is 0 Å². The first-order valence-electron chi connectivity index (χ1n) is 5.46. The van der Waals surface area contributed by atoms with E-state index in [0.29, 0.717) is 0 Å². The summed E-state index contributed by atoms with van der Waals surface area (Å²) in [6.45, 7) is 1.57. The standard InChI is InChI=1S/C11H18O3/c12-11(9-4-6-13-8-9)7-10-3-1-2-5-14-10/h8,10-12H,1-7H2. The first kappa shape index (κ1) is 9.99. The van der Waals surface area contributed by atoms with Gasteiger partial charge in [-0.3, -0.25) is 0 Å². The third-order valence-electron chi connectivity index (χ3n) is 2.93. The Morgan fingerprint density at radius 3 is 3.00 bits per heavy atom. The molecule has 2 aliphatic rings. The van der Waals surface area contributed by atoms with Crippen molar-refractivity contribution in [3.8, 4) is 0 Å². The summed E-state index contributed by atoms with van der Waals surface area (Å²) in [7, 11) is 0. The van der Waals surface area contributed by atoms with Crippen molar-refractivity contribution < 1.29 is 14.6 Å². The Kier molecular flexibility index (Phi) is 3.43. The van der Waals surface area contributed by atoms with Crippen molar-refractivity contribution in [2.24, 2.45) is 0 Å². The minimum Gasteiger partial charge on any atom is -0.501 e. The zero-order valence-corrected chi connectivity index (χ0v) is 8.45. The molecule has 0 aliphatic carbocycles. The summed E-state index contributed by atoms with van der Waals surface area (Å²) < 4.78 is 10.7. The molecule has 0 saturated carbocycles. The van der Waals surface area contributed by atoms with Crippen LogP contribution in [0, 0.1) is 0 Å². The van der Waals surface area contributed by atoms with Gasteiger partial charge in [0.1, 0.15) is 0 Å². The van der Waals surface area contributed by atoms with Crippen LogP contribution in [-0.4, -0.2) is 30.5 Å². The predicted octanol–water partition coefficient (Wildman–Crippen LogP) is 1.61. The summed E-state index contributed by atoms with van der Waals surface area (Å²) in [6, 6.07) is 0. The molecule has 1 saturated heterocycles. The van der Waals surface area contributed by atoms with Crippen molar-refractivity contribution in [2.45, 2.75) is 44.3 Å². The molecule has 0 aromatic heterocycles. The van der Waals surface area contributed by atoms with Gasteiger partial charge >= 0.3 is 0 Å². The van der Waals surface area contributed by atoms with Gasteiger partial charge in [-0.05, 0) is 24.8 Å². The second kappa shape index (κ2) is 4.80. The van der Waals surface area contributed by atoms with Crippen molar-refractivity contribution in [1.29, 1.82) is 0 Å². The van der Waals surface area contributed by atoms with Gasteiger partial charge < -0.3 is 14.6 Å². The molecule has 3 nitrogen and oxygen atoms in total. The summed E-state index contributed by atoms with van der Waals surface area (Å²) in [5.41, 5.74) is 1.03. The predicted molar refractivity (Wildman–Crippen MR) is 52.9 cm³/mol. The van der Waals surface area contributed by atoms with E-state index in [0.717, 1.165) is 38.0 Å². The maximum Gasteiger partial charge on any atom is 0.0912 e. The van der Waals surface area contributed by atoms with Crippen LogP contribution >= 0.6 is 0 Å². The highest BCUT2D eigenvalue weighted by Gasteiger charge is 2.22. The van der Waals surface area contributed by atoms with Crippen LogP contribution in [0.2, 0.25) is 0 Å². The molecule has 2 atom stereocenters. The van der Waals surface area contributed by atoms with Crippen LogP contribution in [-0.2, 0) is 9.47 Å². The number of hydrogen-bond acceptors (Lipinski definition) is 3. The van der Waals surface area contributed by atoms with Crippen molar-refractivity contribution >= 4 is 0 Å². The molecular formula is C11H18O3. The van der Waals surface area contributed by atoms with Gasteiger partial charge in [0.05, 0.1) is 25.1 Å². The summed E-state index contributed by atoms with van der Waals surface area (Å²) in [5.74, 6) is 0. The van der Waals surface area contributed by atoms with Crippen LogP contribution in [0.4, 0.5) is 0 Å². The lowest BCUT2D eigenvalue weighted by Crippen LogP contribution is -2.25. The Morgan fingerprint density at radius 2 is 2.36 bits per heavy atom. The summed E-state index contributed by atoms with van der Waals surface area (Å²) in [5, 5.41) is 9.87. The zero-order valence-electron chi connectivity index (χ0n) is 8.45. The highest BCUT2D eigenvalue weighted by Crippen LogP contribution is 2.23. The topological polar surface area (TPSA) is 38.7 Å². The maximum atomic E-state index is 9.87. The molecule has 0 aromatic rings. The molecule has 0 radical (unpaired) electrons. The van der Waals surface area contributed by atoms with E-state index in [2.05, 4.69) is 0 Å². The van der Waals surface area contributed by atoms with E-state index in [1.165, 1.54) is 12.8 Å². The molecule has 0 bridgehead atoms. The molecule has 2 aliphatic heterocycles. The second-order valence-electron chi connectivity index (χ2n) is 4.05. The van der Waals surface area contributed by atoms with Gasteiger partial charge in [0.2, 0.25) is 0 Å². The number of aliphatic hydroxyl groups is 1. The Bertz CT molecular complexity index is 207. The number of ether oxygens (including phenoxy) is 2. The lowest BCUT2D eigenvalue weighted by molar-refractivity contribution is -0.00916. The van der Waals surface area contributed by atoms with Crippen LogP contribution in [0.5, 0.6) is 0 Å². The van der Waals surface area contributed by atoms with Crippen LogP contribution in [0.1, 0.15) is 32.1 Å². The fourth-order valence-corrected chi connectivity index (χ4v) is 2.04. The number of hydrogen-bond donors (Lipinski definition) is 1.